The van der Waals surface area contributed by atoms with Crippen molar-refractivity contribution in [1.29, 1.82) is 0 Å². The van der Waals surface area contributed by atoms with Crippen molar-refractivity contribution in [1.82, 2.24) is 4.90 Å². The fourth-order valence-electron chi connectivity index (χ4n) is 3.32. The lowest BCUT2D eigenvalue weighted by Crippen LogP contribution is -2.45. The van der Waals surface area contributed by atoms with E-state index in [0.717, 1.165) is 55.6 Å². The van der Waals surface area contributed by atoms with Gasteiger partial charge in [0.1, 0.15) is 6.04 Å². The van der Waals surface area contributed by atoms with Crippen LogP contribution in [0.1, 0.15) is 43.2 Å². The molecule has 0 spiro atoms. The lowest BCUT2D eigenvalue weighted by Gasteiger charge is -2.33. The summed E-state index contributed by atoms with van der Waals surface area (Å²) in [4.78, 5) is 26.2. The Morgan fingerprint density at radius 3 is 2.62 bits per heavy atom. The van der Waals surface area contributed by atoms with Crippen LogP contribution in [-0.2, 0) is 14.3 Å². The van der Waals surface area contributed by atoms with Crippen LogP contribution in [0, 0.1) is 13.8 Å². The van der Waals surface area contributed by atoms with Gasteiger partial charge in [-0.05, 0) is 57.3 Å². The largest absolute Gasteiger partial charge is 0.468 e. The van der Waals surface area contributed by atoms with E-state index >= 15 is 0 Å². The topological polar surface area (TPSA) is 58.6 Å². The minimum absolute atomic E-state index is 0.0269. The maximum Gasteiger partial charge on any atom is 0.323 e. The van der Waals surface area contributed by atoms with Gasteiger partial charge in [0.2, 0.25) is 5.91 Å². The van der Waals surface area contributed by atoms with E-state index in [9.17, 15) is 9.59 Å². The quantitative estimate of drug-likeness (QED) is 0.814. The van der Waals surface area contributed by atoms with Crippen molar-refractivity contribution < 1.29 is 14.3 Å². The number of aryl methyl sites for hydroxylation is 2. The Balaban J connectivity index is 1.82. The van der Waals surface area contributed by atoms with Gasteiger partial charge in [0.05, 0.1) is 7.11 Å². The van der Waals surface area contributed by atoms with Gasteiger partial charge in [-0.15, -0.1) is 0 Å². The maximum absolute atomic E-state index is 12.2. The minimum Gasteiger partial charge on any atom is -0.468 e. The van der Waals surface area contributed by atoms with Gasteiger partial charge < -0.3 is 10.1 Å². The third-order valence-electron chi connectivity index (χ3n) is 4.68. The average molecular weight is 332 g/mol. The van der Waals surface area contributed by atoms with Crippen molar-refractivity contribution >= 4 is 17.6 Å². The molecule has 5 nitrogen and oxygen atoms in total. The first-order valence-corrected chi connectivity index (χ1v) is 8.71. The van der Waals surface area contributed by atoms with Crippen LogP contribution < -0.4 is 5.32 Å². The standard InChI is InChI=1S/C19H28N2O3/c1-14-8-6-9-15(2)18(14)20-17(22)11-7-13-21-12-5-4-10-16(21)19(23)24-3/h6,8-9,16H,4-5,7,10-13H2,1-3H3,(H,20,22)/t16-/m1/s1. The van der Waals surface area contributed by atoms with Gasteiger partial charge >= 0.3 is 5.97 Å². The second-order valence-corrected chi connectivity index (χ2v) is 6.49. The number of piperidine rings is 1. The van der Waals surface area contributed by atoms with Crippen molar-refractivity contribution in [3.63, 3.8) is 0 Å². The van der Waals surface area contributed by atoms with Crippen LogP contribution in [0.4, 0.5) is 5.69 Å². The molecule has 1 heterocycles. The van der Waals surface area contributed by atoms with Gasteiger partial charge in [-0.1, -0.05) is 24.6 Å². The van der Waals surface area contributed by atoms with Gasteiger partial charge in [-0.3, -0.25) is 14.5 Å². The molecule has 132 valence electrons. The SMILES string of the molecule is COC(=O)[C@H]1CCCCN1CCCC(=O)Nc1c(C)cccc1C. The summed E-state index contributed by atoms with van der Waals surface area (Å²) < 4.78 is 4.89. The van der Waals surface area contributed by atoms with Crippen LogP contribution in [0.15, 0.2) is 18.2 Å². The van der Waals surface area contributed by atoms with Gasteiger partial charge in [0, 0.05) is 12.1 Å². The molecule has 5 heteroatoms. The Morgan fingerprint density at radius 2 is 1.96 bits per heavy atom. The summed E-state index contributed by atoms with van der Waals surface area (Å²) in [7, 11) is 1.44. The first kappa shape index (κ1) is 18.5. The highest BCUT2D eigenvalue weighted by Gasteiger charge is 2.28. The molecule has 1 aromatic carbocycles. The number of amides is 1. The molecule has 1 atom stereocenters. The highest BCUT2D eigenvalue weighted by atomic mass is 16.5. The van der Waals surface area contributed by atoms with E-state index in [4.69, 9.17) is 4.74 Å². The third kappa shape index (κ3) is 4.81. The molecule has 2 rings (SSSR count). The lowest BCUT2D eigenvalue weighted by molar-refractivity contribution is -0.148. The summed E-state index contributed by atoms with van der Waals surface area (Å²) >= 11 is 0. The average Bonchev–Trinajstić information content (AvgIpc) is 2.58. The number of para-hydroxylation sites is 1. The van der Waals surface area contributed by atoms with Gasteiger partial charge in [0.15, 0.2) is 0 Å². The molecule has 0 aliphatic carbocycles. The summed E-state index contributed by atoms with van der Waals surface area (Å²) in [5, 5.41) is 3.01. The number of benzene rings is 1. The Bertz CT molecular complexity index is 566. The summed E-state index contributed by atoms with van der Waals surface area (Å²) in [6, 6.07) is 5.84. The highest BCUT2D eigenvalue weighted by Crippen LogP contribution is 2.21. The van der Waals surface area contributed by atoms with Crippen LogP contribution in [-0.4, -0.2) is 43.0 Å². The molecule has 0 unspecified atom stereocenters. The molecule has 1 aromatic rings. The summed E-state index contributed by atoms with van der Waals surface area (Å²) in [6.07, 6.45) is 4.20. The number of hydrogen-bond donors (Lipinski definition) is 1. The van der Waals surface area contributed by atoms with E-state index in [1.165, 1.54) is 7.11 Å². The summed E-state index contributed by atoms with van der Waals surface area (Å²) in [5.41, 5.74) is 3.06. The molecule has 1 aliphatic heterocycles. The number of methoxy groups -OCH3 is 1. The van der Waals surface area contributed by atoms with E-state index in [1.54, 1.807) is 0 Å². The zero-order valence-electron chi connectivity index (χ0n) is 14.9. The van der Waals surface area contributed by atoms with Crippen LogP contribution in [0.3, 0.4) is 0 Å². The van der Waals surface area contributed by atoms with Crippen LogP contribution in [0.5, 0.6) is 0 Å². The second-order valence-electron chi connectivity index (χ2n) is 6.49. The number of esters is 1. The molecule has 1 N–H and O–H groups in total. The number of nitrogens with zero attached hydrogens (tertiary/aromatic N) is 1. The van der Waals surface area contributed by atoms with Crippen molar-refractivity contribution in [3.05, 3.63) is 29.3 Å². The maximum atomic E-state index is 12.2. The van der Waals surface area contributed by atoms with Crippen molar-refractivity contribution in [2.24, 2.45) is 0 Å². The van der Waals surface area contributed by atoms with E-state index < -0.39 is 0 Å². The first-order chi connectivity index (χ1) is 11.5. The van der Waals surface area contributed by atoms with Gasteiger partial charge in [-0.25, -0.2) is 0 Å². The van der Waals surface area contributed by atoms with Gasteiger partial charge in [0.25, 0.3) is 0 Å². The highest BCUT2D eigenvalue weighted by molar-refractivity contribution is 5.92. The molecule has 1 fully saturated rings. The lowest BCUT2D eigenvalue weighted by atomic mass is 10.0. The molecule has 1 saturated heterocycles. The summed E-state index contributed by atoms with van der Waals surface area (Å²) in [5.74, 6) is -0.131. The molecule has 1 amide bonds. The van der Waals surface area contributed by atoms with Crippen LogP contribution >= 0.6 is 0 Å². The molecule has 24 heavy (non-hydrogen) atoms. The fraction of sp³-hybridized carbons (Fsp3) is 0.579. The number of nitrogens with one attached hydrogen (secondary N) is 1. The number of carbonyl (C=O) groups is 2. The Hall–Kier alpha value is -1.88. The first-order valence-electron chi connectivity index (χ1n) is 8.71. The van der Waals surface area contributed by atoms with E-state index in [-0.39, 0.29) is 17.9 Å². The number of hydrogen-bond acceptors (Lipinski definition) is 4. The third-order valence-corrected chi connectivity index (χ3v) is 4.68. The number of likely N-dealkylation sites (tertiary alicyclic amines) is 1. The van der Waals surface area contributed by atoms with Crippen molar-refractivity contribution in [2.75, 3.05) is 25.5 Å². The Labute approximate surface area is 144 Å². The normalized spacial score (nSPS) is 18.2. The fourth-order valence-corrected chi connectivity index (χ4v) is 3.32. The van der Waals surface area contributed by atoms with E-state index in [1.807, 2.05) is 32.0 Å². The zero-order valence-corrected chi connectivity index (χ0v) is 14.9. The molecule has 0 radical (unpaired) electrons. The van der Waals surface area contributed by atoms with Crippen molar-refractivity contribution in [2.45, 2.75) is 52.0 Å². The van der Waals surface area contributed by atoms with Crippen molar-refractivity contribution in [3.8, 4) is 0 Å². The van der Waals surface area contributed by atoms with Crippen LogP contribution in [0.2, 0.25) is 0 Å². The van der Waals surface area contributed by atoms with Crippen LogP contribution in [0.25, 0.3) is 0 Å². The van der Waals surface area contributed by atoms with E-state index in [2.05, 4.69) is 10.2 Å². The smallest absolute Gasteiger partial charge is 0.323 e. The molecular weight excluding hydrogens is 304 g/mol. The molecule has 0 aromatic heterocycles. The molecular formula is C19H28N2O3. The molecule has 1 aliphatic rings. The zero-order chi connectivity index (χ0) is 17.5. The second kappa shape index (κ2) is 8.83. The monoisotopic (exact) mass is 332 g/mol. The number of rotatable bonds is 6. The Morgan fingerprint density at radius 1 is 1.25 bits per heavy atom. The Kier molecular flexibility index (Phi) is 6.79. The number of anilines is 1. The number of ether oxygens (including phenoxy) is 1. The van der Waals surface area contributed by atoms with Gasteiger partial charge in [-0.2, -0.15) is 0 Å². The minimum atomic E-state index is -0.158. The van der Waals surface area contributed by atoms with E-state index in [0.29, 0.717) is 6.42 Å². The summed E-state index contributed by atoms with van der Waals surface area (Å²) in [6.45, 7) is 5.65. The molecule has 0 bridgehead atoms. The molecule has 0 saturated carbocycles. The predicted octanol–water partition coefficient (Wildman–Crippen LogP) is 3.05. The number of carbonyl (C=O) groups excluding carboxylic acids is 2. The predicted molar refractivity (Wildman–Crippen MR) is 95.0 cm³/mol.